The number of carbonyl (C=O) groups is 1. The molecule has 0 N–H and O–H groups in total. The molecule has 0 amide bonds. The van der Waals surface area contributed by atoms with Gasteiger partial charge in [-0.2, -0.15) is 0 Å². The largest absolute Gasteiger partial charge is 0.465 e. The van der Waals surface area contributed by atoms with Gasteiger partial charge in [0, 0.05) is 6.54 Å². The molecular formula is C19H31NO2. The molecular weight excluding hydrogens is 274 g/mol. The summed E-state index contributed by atoms with van der Waals surface area (Å²) in [4.78, 5) is 14.4. The third kappa shape index (κ3) is 6.18. The highest BCUT2D eigenvalue weighted by molar-refractivity contribution is 5.76. The van der Waals surface area contributed by atoms with Crippen LogP contribution in [0.5, 0.6) is 0 Å². The Morgan fingerprint density at radius 3 is 2.41 bits per heavy atom. The highest BCUT2D eigenvalue weighted by Crippen LogP contribution is 2.13. The highest BCUT2D eigenvalue weighted by Gasteiger charge is 2.27. The van der Waals surface area contributed by atoms with E-state index in [1.165, 1.54) is 11.1 Å². The molecule has 0 heterocycles. The first-order chi connectivity index (χ1) is 10.5. The van der Waals surface area contributed by atoms with E-state index >= 15 is 0 Å². The van der Waals surface area contributed by atoms with Crippen molar-refractivity contribution in [2.24, 2.45) is 5.92 Å². The van der Waals surface area contributed by atoms with Crippen LogP contribution >= 0.6 is 0 Å². The van der Waals surface area contributed by atoms with Crippen LogP contribution in [0.15, 0.2) is 24.3 Å². The number of unbranched alkanes of at least 4 members (excludes halogenated alkanes) is 1. The van der Waals surface area contributed by atoms with Crippen molar-refractivity contribution in [1.29, 1.82) is 0 Å². The number of benzene rings is 1. The van der Waals surface area contributed by atoms with Crippen LogP contribution in [0.1, 0.15) is 44.7 Å². The number of ether oxygens (including phenoxy) is 1. The molecule has 124 valence electrons. The molecule has 0 saturated heterocycles. The van der Waals surface area contributed by atoms with E-state index in [1.54, 1.807) is 0 Å². The average molecular weight is 305 g/mol. The Hall–Kier alpha value is -1.35. The molecule has 3 heteroatoms. The summed E-state index contributed by atoms with van der Waals surface area (Å²) < 4.78 is 5.41. The summed E-state index contributed by atoms with van der Waals surface area (Å²) in [6.45, 7) is 9.74. The number of nitrogens with zero attached hydrogens (tertiary/aromatic N) is 1. The van der Waals surface area contributed by atoms with Crippen LogP contribution in [0.2, 0.25) is 0 Å². The Kier molecular flexibility index (Phi) is 8.18. The van der Waals surface area contributed by atoms with Crippen molar-refractivity contribution in [2.75, 3.05) is 20.2 Å². The van der Waals surface area contributed by atoms with Gasteiger partial charge >= 0.3 is 5.97 Å². The van der Waals surface area contributed by atoms with Crippen molar-refractivity contribution in [3.63, 3.8) is 0 Å². The Morgan fingerprint density at radius 2 is 1.86 bits per heavy atom. The Balaban J connectivity index is 2.55. The fraction of sp³-hybridized carbons (Fsp3) is 0.632. The van der Waals surface area contributed by atoms with Crippen LogP contribution in [0, 0.1) is 12.8 Å². The van der Waals surface area contributed by atoms with E-state index in [-0.39, 0.29) is 17.9 Å². The maximum atomic E-state index is 12.3. The molecule has 0 aliphatic carbocycles. The molecule has 3 nitrogen and oxygen atoms in total. The average Bonchev–Trinajstić information content (AvgIpc) is 2.46. The van der Waals surface area contributed by atoms with Crippen molar-refractivity contribution in [1.82, 2.24) is 4.90 Å². The summed E-state index contributed by atoms with van der Waals surface area (Å²) in [6, 6.07) is 8.42. The molecule has 0 bridgehead atoms. The van der Waals surface area contributed by atoms with Crippen molar-refractivity contribution < 1.29 is 9.53 Å². The molecule has 1 aromatic carbocycles. The molecule has 1 atom stereocenters. The number of carbonyl (C=O) groups excluding carboxylic acids is 1. The van der Waals surface area contributed by atoms with Gasteiger partial charge in [-0.25, -0.2) is 0 Å². The quantitative estimate of drug-likeness (QED) is 0.513. The molecule has 0 aliphatic heterocycles. The predicted octanol–water partition coefficient (Wildman–Crippen LogP) is 3.84. The number of aryl methyl sites for hydroxylation is 1. The summed E-state index contributed by atoms with van der Waals surface area (Å²) in [5.74, 6) is 0.159. The molecule has 0 spiro atoms. The van der Waals surface area contributed by atoms with Crippen LogP contribution < -0.4 is 0 Å². The summed E-state index contributed by atoms with van der Waals surface area (Å²) in [7, 11) is 2.01. The zero-order chi connectivity index (χ0) is 16.5. The molecule has 0 fully saturated rings. The fourth-order valence-corrected chi connectivity index (χ4v) is 2.56. The van der Waals surface area contributed by atoms with E-state index in [0.29, 0.717) is 6.61 Å². The second-order valence-corrected chi connectivity index (χ2v) is 6.43. The minimum absolute atomic E-state index is 0.0881. The van der Waals surface area contributed by atoms with Crippen LogP contribution in [0.4, 0.5) is 0 Å². The van der Waals surface area contributed by atoms with Crippen LogP contribution in [0.25, 0.3) is 0 Å². The first-order valence-electron chi connectivity index (χ1n) is 8.38. The zero-order valence-corrected chi connectivity index (χ0v) is 14.8. The molecule has 0 unspecified atom stereocenters. The van der Waals surface area contributed by atoms with Gasteiger partial charge in [0.25, 0.3) is 0 Å². The Morgan fingerprint density at radius 1 is 1.23 bits per heavy atom. The standard InChI is InChI=1S/C19H31NO2/c1-6-7-14-22-19(21)18(15(2)3)20(5)13-12-17-10-8-16(4)9-11-17/h8-11,15,18H,6-7,12-14H2,1-5H3/t18-/m0/s1. The minimum atomic E-state index is -0.165. The van der Waals surface area contributed by atoms with Gasteiger partial charge in [0.05, 0.1) is 6.61 Å². The predicted molar refractivity (Wildman–Crippen MR) is 92.0 cm³/mol. The van der Waals surface area contributed by atoms with Crippen molar-refractivity contribution in [3.8, 4) is 0 Å². The lowest BCUT2D eigenvalue weighted by Crippen LogP contribution is -2.44. The molecule has 0 aliphatic rings. The summed E-state index contributed by atoms with van der Waals surface area (Å²) >= 11 is 0. The molecule has 1 rings (SSSR count). The van der Waals surface area contributed by atoms with Crippen molar-refractivity contribution >= 4 is 5.97 Å². The third-order valence-corrected chi connectivity index (χ3v) is 3.96. The lowest BCUT2D eigenvalue weighted by molar-refractivity contribution is -0.151. The van der Waals surface area contributed by atoms with Gasteiger partial charge in [-0.3, -0.25) is 9.69 Å². The molecule has 0 aromatic heterocycles. The monoisotopic (exact) mass is 305 g/mol. The number of esters is 1. The highest BCUT2D eigenvalue weighted by atomic mass is 16.5. The van der Waals surface area contributed by atoms with E-state index in [4.69, 9.17) is 4.74 Å². The third-order valence-electron chi connectivity index (χ3n) is 3.96. The van der Waals surface area contributed by atoms with E-state index in [0.717, 1.165) is 25.8 Å². The second kappa shape index (κ2) is 9.62. The lowest BCUT2D eigenvalue weighted by atomic mass is 10.0. The number of rotatable bonds is 9. The minimum Gasteiger partial charge on any atom is -0.465 e. The topological polar surface area (TPSA) is 29.5 Å². The van der Waals surface area contributed by atoms with E-state index in [1.807, 2.05) is 7.05 Å². The van der Waals surface area contributed by atoms with Gasteiger partial charge in [0.1, 0.15) is 6.04 Å². The van der Waals surface area contributed by atoms with Gasteiger partial charge in [-0.15, -0.1) is 0 Å². The van der Waals surface area contributed by atoms with Gasteiger partial charge in [-0.05, 0) is 38.3 Å². The fourth-order valence-electron chi connectivity index (χ4n) is 2.56. The van der Waals surface area contributed by atoms with Crippen molar-refractivity contribution in [3.05, 3.63) is 35.4 Å². The number of hydrogen-bond donors (Lipinski definition) is 0. The summed E-state index contributed by atoms with van der Waals surface area (Å²) in [6.07, 6.45) is 2.93. The van der Waals surface area contributed by atoms with Crippen LogP contribution in [-0.2, 0) is 16.0 Å². The van der Waals surface area contributed by atoms with Crippen molar-refractivity contribution in [2.45, 2.75) is 53.0 Å². The zero-order valence-electron chi connectivity index (χ0n) is 14.8. The first-order valence-corrected chi connectivity index (χ1v) is 8.38. The SMILES string of the molecule is CCCCOC(=O)[C@H](C(C)C)N(C)CCc1ccc(C)cc1. The maximum absolute atomic E-state index is 12.3. The van der Waals surface area contributed by atoms with Gasteiger partial charge < -0.3 is 4.74 Å². The van der Waals surface area contributed by atoms with Gasteiger partial charge in [0.15, 0.2) is 0 Å². The molecule has 1 aromatic rings. The molecule has 0 radical (unpaired) electrons. The normalized spacial score (nSPS) is 12.7. The Labute approximate surface area is 135 Å². The van der Waals surface area contributed by atoms with E-state index < -0.39 is 0 Å². The molecule has 0 saturated carbocycles. The van der Waals surface area contributed by atoms with Crippen LogP contribution in [0.3, 0.4) is 0 Å². The first kappa shape index (κ1) is 18.7. The lowest BCUT2D eigenvalue weighted by Gasteiger charge is -2.29. The van der Waals surface area contributed by atoms with Gasteiger partial charge in [0.2, 0.25) is 0 Å². The Bertz CT molecular complexity index is 439. The van der Waals surface area contributed by atoms with Gasteiger partial charge in [-0.1, -0.05) is 57.0 Å². The summed E-state index contributed by atoms with van der Waals surface area (Å²) in [5, 5.41) is 0. The number of likely N-dealkylation sites (N-methyl/N-ethyl adjacent to an activating group) is 1. The summed E-state index contributed by atoms with van der Waals surface area (Å²) in [5.41, 5.74) is 2.58. The second-order valence-electron chi connectivity index (χ2n) is 6.43. The molecule has 22 heavy (non-hydrogen) atoms. The van der Waals surface area contributed by atoms with Crippen LogP contribution in [-0.4, -0.2) is 37.1 Å². The smallest absolute Gasteiger partial charge is 0.323 e. The van der Waals surface area contributed by atoms with E-state index in [9.17, 15) is 4.79 Å². The number of hydrogen-bond acceptors (Lipinski definition) is 3. The van der Waals surface area contributed by atoms with E-state index in [2.05, 4.69) is 56.9 Å². The maximum Gasteiger partial charge on any atom is 0.323 e.